The molecule has 1 fully saturated rings. The number of nitrogens with zero attached hydrogens (tertiary/aromatic N) is 6. The molecule has 1 aromatic carbocycles. The predicted octanol–water partition coefficient (Wildman–Crippen LogP) is 5.27. The van der Waals surface area contributed by atoms with Gasteiger partial charge in [0.2, 0.25) is 11.9 Å². The topological polar surface area (TPSA) is 106 Å². The Labute approximate surface area is 207 Å². The SMILES string of the molecule is Cc1sc2nc(CN3CCCC3)nc(SC(C)c3nc(N)nc(Nc4ccccc4)n3)c2c1C. The van der Waals surface area contributed by atoms with Gasteiger partial charge in [0, 0.05) is 16.0 Å². The largest absolute Gasteiger partial charge is 0.368 e. The standard InChI is InChI=1S/C24H28N8S2/c1-14-15(2)33-21-19(14)22(28-18(27-21)13-32-11-7-8-12-32)34-16(3)20-29-23(25)31-24(30-20)26-17-9-5-4-6-10-17/h4-6,9-10,16H,7-8,11-13H2,1-3H3,(H3,25,26,29,30,31). The highest BCUT2D eigenvalue weighted by atomic mass is 32.2. The van der Waals surface area contributed by atoms with Crippen LogP contribution in [0.5, 0.6) is 0 Å². The number of nitrogen functional groups attached to an aromatic ring is 1. The molecule has 1 unspecified atom stereocenters. The van der Waals surface area contributed by atoms with Gasteiger partial charge in [-0.3, -0.25) is 4.90 Å². The van der Waals surface area contributed by atoms with Crippen molar-refractivity contribution in [2.75, 3.05) is 24.1 Å². The molecular weight excluding hydrogens is 464 g/mol. The summed E-state index contributed by atoms with van der Waals surface area (Å²) in [7, 11) is 0. The Morgan fingerprint density at radius 2 is 1.82 bits per heavy atom. The molecule has 0 saturated carbocycles. The van der Waals surface area contributed by atoms with E-state index in [0.29, 0.717) is 11.8 Å². The van der Waals surface area contributed by atoms with E-state index in [-0.39, 0.29) is 11.2 Å². The van der Waals surface area contributed by atoms with Gasteiger partial charge in [-0.2, -0.15) is 15.0 Å². The molecular formula is C24H28N8S2. The van der Waals surface area contributed by atoms with Crippen molar-refractivity contribution in [1.29, 1.82) is 0 Å². The number of para-hydroxylation sites is 1. The highest BCUT2D eigenvalue weighted by Crippen LogP contribution is 2.40. The number of aromatic nitrogens is 5. The summed E-state index contributed by atoms with van der Waals surface area (Å²) < 4.78 is 0. The summed E-state index contributed by atoms with van der Waals surface area (Å²) in [5.74, 6) is 2.13. The first-order valence-corrected chi connectivity index (χ1v) is 13.1. The predicted molar refractivity (Wildman–Crippen MR) is 140 cm³/mol. The highest BCUT2D eigenvalue weighted by molar-refractivity contribution is 7.99. The molecule has 34 heavy (non-hydrogen) atoms. The van der Waals surface area contributed by atoms with Gasteiger partial charge < -0.3 is 11.1 Å². The van der Waals surface area contributed by atoms with Crippen LogP contribution in [0.1, 0.15) is 47.1 Å². The average Bonchev–Trinajstić information content (AvgIpc) is 3.41. The third-order valence-corrected chi connectivity index (χ3v) is 8.14. The number of anilines is 3. The van der Waals surface area contributed by atoms with Crippen LogP contribution in [0.2, 0.25) is 0 Å². The van der Waals surface area contributed by atoms with Gasteiger partial charge >= 0.3 is 0 Å². The van der Waals surface area contributed by atoms with Gasteiger partial charge in [0.15, 0.2) is 0 Å². The van der Waals surface area contributed by atoms with Gasteiger partial charge in [0.05, 0.1) is 11.8 Å². The number of nitrogens with two attached hydrogens (primary N) is 1. The lowest BCUT2D eigenvalue weighted by atomic mass is 10.2. The maximum atomic E-state index is 6.04. The summed E-state index contributed by atoms with van der Waals surface area (Å²) in [4.78, 5) is 28.0. The molecule has 0 aliphatic carbocycles. The summed E-state index contributed by atoms with van der Waals surface area (Å²) in [6, 6.07) is 9.79. The number of rotatable bonds is 7. The number of aryl methyl sites for hydroxylation is 2. The second-order valence-corrected chi connectivity index (χ2v) is 11.1. The van der Waals surface area contributed by atoms with E-state index in [2.05, 4.69) is 45.9 Å². The Kier molecular flexibility index (Phi) is 6.62. The van der Waals surface area contributed by atoms with Gasteiger partial charge in [-0.25, -0.2) is 9.97 Å². The monoisotopic (exact) mass is 492 g/mol. The van der Waals surface area contributed by atoms with Crippen molar-refractivity contribution in [2.24, 2.45) is 0 Å². The molecule has 0 amide bonds. The fourth-order valence-electron chi connectivity index (χ4n) is 4.07. The van der Waals surface area contributed by atoms with Crippen LogP contribution in [0.4, 0.5) is 17.6 Å². The fourth-order valence-corrected chi connectivity index (χ4v) is 6.25. The van der Waals surface area contributed by atoms with Crippen LogP contribution in [-0.4, -0.2) is 42.9 Å². The van der Waals surface area contributed by atoms with Crippen LogP contribution in [0.3, 0.4) is 0 Å². The van der Waals surface area contributed by atoms with E-state index in [9.17, 15) is 0 Å². The molecule has 1 atom stereocenters. The van der Waals surface area contributed by atoms with Crippen molar-refractivity contribution in [3.05, 3.63) is 52.4 Å². The van der Waals surface area contributed by atoms with Crippen LogP contribution in [-0.2, 0) is 6.54 Å². The summed E-state index contributed by atoms with van der Waals surface area (Å²) in [5.41, 5.74) is 8.17. The number of thiophene rings is 1. The molecule has 3 aromatic heterocycles. The van der Waals surface area contributed by atoms with Crippen molar-refractivity contribution in [3.8, 4) is 0 Å². The Hall–Kier alpha value is -2.82. The van der Waals surface area contributed by atoms with Gasteiger partial charge in [0.1, 0.15) is 21.5 Å². The van der Waals surface area contributed by atoms with Crippen LogP contribution in [0, 0.1) is 13.8 Å². The lowest BCUT2D eigenvalue weighted by Gasteiger charge is -2.16. The maximum Gasteiger partial charge on any atom is 0.232 e. The minimum atomic E-state index is -0.0704. The van der Waals surface area contributed by atoms with E-state index in [1.807, 2.05) is 30.3 Å². The number of hydrogen-bond donors (Lipinski definition) is 2. The zero-order chi connectivity index (χ0) is 23.7. The van der Waals surface area contributed by atoms with Crippen LogP contribution in [0.25, 0.3) is 10.2 Å². The van der Waals surface area contributed by atoms with Gasteiger partial charge in [-0.05, 0) is 64.4 Å². The first-order valence-electron chi connectivity index (χ1n) is 11.5. The molecule has 4 heterocycles. The molecule has 176 valence electrons. The molecule has 1 aliphatic heterocycles. The molecule has 0 radical (unpaired) electrons. The zero-order valence-corrected chi connectivity index (χ0v) is 21.2. The molecule has 4 aromatic rings. The Balaban J connectivity index is 1.45. The molecule has 8 nitrogen and oxygen atoms in total. The molecule has 0 spiro atoms. The average molecular weight is 493 g/mol. The van der Waals surface area contributed by atoms with Crippen LogP contribution < -0.4 is 11.1 Å². The number of thioether (sulfide) groups is 1. The first kappa shape index (κ1) is 22.9. The Bertz CT molecular complexity index is 1300. The van der Waals surface area contributed by atoms with Gasteiger partial charge in [-0.1, -0.05) is 30.0 Å². The lowest BCUT2D eigenvalue weighted by molar-refractivity contribution is 0.322. The summed E-state index contributed by atoms with van der Waals surface area (Å²) >= 11 is 3.39. The molecule has 0 bridgehead atoms. The maximum absolute atomic E-state index is 6.04. The Morgan fingerprint density at radius 3 is 2.59 bits per heavy atom. The zero-order valence-electron chi connectivity index (χ0n) is 19.6. The fraction of sp³-hybridized carbons (Fsp3) is 0.375. The third-order valence-electron chi connectivity index (χ3n) is 5.96. The second kappa shape index (κ2) is 9.81. The normalized spacial score (nSPS) is 15.1. The number of benzene rings is 1. The van der Waals surface area contributed by atoms with Crippen molar-refractivity contribution < 1.29 is 0 Å². The van der Waals surface area contributed by atoms with Crippen molar-refractivity contribution >= 4 is 50.9 Å². The van der Waals surface area contributed by atoms with Crippen LogP contribution in [0.15, 0.2) is 35.4 Å². The van der Waals surface area contributed by atoms with E-state index < -0.39 is 0 Å². The van der Waals surface area contributed by atoms with Crippen molar-refractivity contribution in [3.63, 3.8) is 0 Å². The molecule has 10 heteroatoms. The van der Waals surface area contributed by atoms with Crippen LogP contribution >= 0.6 is 23.1 Å². The van der Waals surface area contributed by atoms with E-state index in [0.717, 1.165) is 46.4 Å². The number of hydrogen-bond acceptors (Lipinski definition) is 10. The third kappa shape index (κ3) is 4.98. The van der Waals surface area contributed by atoms with Crippen molar-refractivity contribution in [1.82, 2.24) is 29.8 Å². The summed E-state index contributed by atoms with van der Waals surface area (Å²) in [5, 5.41) is 5.25. The van der Waals surface area contributed by atoms with E-state index in [1.165, 1.54) is 23.3 Å². The minimum Gasteiger partial charge on any atom is -0.368 e. The number of likely N-dealkylation sites (tertiary alicyclic amines) is 1. The van der Waals surface area contributed by atoms with Gasteiger partial charge in [0.25, 0.3) is 0 Å². The van der Waals surface area contributed by atoms with E-state index in [1.54, 1.807) is 23.1 Å². The molecule has 1 aliphatic rings. The molecule has 3 N–H and O–H groups in total. The van der Waals surface area contributed by atoms with E-state index >= 15 is 0 Å². The number of nitrogens with one attached hydrogen (secondary N) is 1. The lowest BCUT2D eigenvalue weighted by Crippen LogP contribution is -2.20. The first-order chi connectivity index (χ1) is 16.5. The molecule has 5 rings (SSSR count). The summed E-state index contributed by atoms with van der Waals surface area (Å²) in [6.07, 6.45) is 2.50. The highest BCUT2D eigenvalue weighted by Gasteiger charge is 2.22. The number of fused-ring (bicyclic) bond motifs is 1. The minimum absolute atomic E-state index is 0.0704. The quantitative estimate of drug-likeness (QED) is 0.264. The second-order valence-electron chi connectivity index (χ2n) is 8.52. The smallest absolute Gasteiger partial charge is 0.232 e. The molecule has 1 saturated heterocycles. The van der Waals surface area contributed by atoms with Crippen molar-refractivity contribution in [2.45, 2.75) is 50.4 Å². The Morgan fingerprint density at radius 1 is 1.06 bits per heavy atom. The van der Waals surface area contributed by atoms with Gasteiger partial charge in [-0.15, -0.1) is 11.3 Å². The van der Waals surface area contributed by atoms with E-state index in [4.69, 9.17) is 15.7 Å². The summed E-state index contributed by atoms with van der Waals surface area (Å²) in [6.45, 7) is 9.39.